The monoisotopic (exact) mass is 186 g/mol. The molecule has 42 valence electrons. The zero-order valence-electron chi connectivity index (χ0n) is 6.13. The van der Waals surface area contributed by atoms with Crippen LogP contribution in [0.25, 0.3) is 0 Å². The van der Waals surface area contributed by atoms with E-state index in [9.17, 15) is 5.11 Å². The van der Waals surface area contributed by atoms with Crippen LogP contribution < -0.4 is 28.4 Å². The third kappa shape index (κ3) is 2.77. The summed E-state index contributed by atoms with van der Waals surface area (Å²) in [7, 11) is 0. The molecule has 0 aliphatic carbocycles. The van der Waals surface area contributed by atoms with Crippen LogP contribution in [0.2, 0.25) is 0 Å². The quantitative estimate of drug-likeness (QED) is 0.411. The fourth-order valence-electron chi connectivity index (χ4n) is 0.619. The molecule has 1 rings (SSSR count). The predicted molar refractivity (Wildman–Crippen MR) is 37.0 cm³/mol. The molecule has 0 heterocycles. The van der Waals surface area contributed by atoms with Gasteiger partial charge >= 0.3 is 87.0 Å². The van der Waals surface area contributed by atoms with E-state index in [4.69, 9.17) is 0 Å². The summed E-state index contributed by atoms with van der Waals surface area (Å²) >= 11 is 2.39. The molecule has 0 saturated carbocycles. The Hall–Kier alpha value is 0.734. The number of hydrogen-bond acceptors (Lipinski definition) is 1. The van der Waals surface area contributed by atoms with Crippen molar-refractivity contribution in [3.05, 3.63) is 24.3 Å². The molecule has 0 aliphatic heterocycles. The van der Waals surface area contributed by atoms with E-state index in [1.165, 1.54) is 0 Å². The van der Waals surface area contributed by atoms with E-state index >= 15 is 0 Å². The van der Waals surface area contributed by atoms with Crippen molar-refractivity contribution in [2.24, 2.45) is 0 Å². The maximum atomic E-state index is 10.9. The second-order valence-electron chi connectivity index (χ2n) is 1.65. The molecule has 0 fully saturated rings. The molecule has 10 heavy (non-hydrogen) atoms. The van der Waals surface area contributed by atoms with Crippen LogP contribution >= 0.6 is 0 Å². The summed E-state index contributed by atoms with van der Waals surface area (Å²) in [5.74, 6) is 0.181. The molecule has 0 spiro atoms. The molecule has 4 heteroatoms. The maximum absolute atomic E-state index is 10.9. The van der Waals surface area contributed by atoms with Crippen LogP contribution in [0, 0.1) is 0 Å². The van der Waals surface area contributed by atoms with Crippen LogP contribution in [-0.4, -0.2) is 28.5 Å². The molecular weight excluding hydrogens is 181 g/mol. The molecule has 0 bridgehead atoms. The van der Waals surface area contributed by atoms with Gasteiger partial charge in [0.25, 0.3) is 0 Å². The van der Waals surface area contributed by atoms with E-state index in [0.29, 0.717) is 12.8 Å². The van der Waals surface area contributed by atoms with Gasteiger partial charge in [-0.15, -0.1) is 0 Å². The average molecular weight is 185 g/mol. The summed E-state index contributed by atoms with van der Waals surface area (Å²) in [5.41, 5.74) is 0. The Bertz CT molecular complexity index is 205. The fourth-order valence-corrected chi connectivity index (χ4v) is 1.63. The Balaban J connectivity index is 0.000000810. The first-order valence-electron chi connectivity index (χ1n) is 2.64. The first-order chi connectivity index (χ1) is 4.34. The van der Waals surface area contributed by atoms with Gasteiger partial charge in [0.05, 0.1) is 0 Å². The van der Waals surface area contributed by atoms with Crippen molar-refractivity contribution >= 4 is 33.0 Å². The van der Waals surface area contributed by atoms with E-state index in [2.05, 4.69) is 0 Å². The van der Waals surface area contributed by atoms with E-state index in [0.717, 1.165) is 4.46 Å². The van der Waals surface area contributed by atoms with Gasteiger partial charge in [0.2, 0.25) is 0 Å². The van der Waals surface area contributed by atoms with Crippen LogP contribution in [0.1, 0.15) is 0 Å². The minimum absolute atomic E-state index is 0. The van der Waals surface area contributed by atoms with Gasteiger partial charge in [-0.05, 0) is 0 Å². The van der Waals surface area contributed by atoms with Crippen molar-refractivity contribution in [3.63, 3.8) is 0 Å². The first-order valence-corrected chi connectivity index (χ1v) is 5.21. The summed E-state index contributed by atoms with van der Waals surface area (Å²) in [6, 6.07) is 7.18. The Morgan fingerprint density at radius 2 is 1.90 bits per heavy atom. The summed E-state index contributed by atoms with van der Waals surface area (Å²) in [6.45, 7) is 0. The van der Waals surface area contributed by atoms with Crippen molar-refractivity contribution in [1.29, 1.82) is 0 Å². The number of rotatable bonds is 1. The van der Waals surface area contributed by atoms with Gasteiger partial charge in [0.15, 0.2) is 0 Å². The molecule has 0 aromatic heterocycles. The van der Waals surface area contributed by atoms with Crippen LogP contribution in [-0.2, 0) is 0 Å². The number of benzene rings is 1. The molecule has 0 N–H and O–H groups in total. The van der Waals surface area contributed by atoms with E-state index < -0.39 is 0 Å². The van der Waals surface area contributed by atoms with Crippen LogP contribution in [0.4, 0.5) is 0 Å². The Morgan fingerprint density at radius 1 is 1.30 bits per heavy atom. The zero-order valence-corrected chi connectivity index (χ0v) is 7.84. The van der Waals surface area contributed by atoms with Crippen molar-refractivity contribution in [1.82, 2.24) is 0 Å². The van der Waals surface area contributed by atoms with Gasteiger partial charge in [-0.2, -0.15) is 0 Å². The standard InChI is InChI=1S/C6H6OSe.2Li/c7-5-3-1-2-4-6(5)8;;/h1-4,7-8H;;/q;2*+1/p-2. The third-order valence-electron chi connectivity index (χ3n) is 1.07. The molecule has 0 unspecified atom stereocenters. The van der Waals surface area contributed by atoms with E-state index in [1.807, 2.05) is 27.9 Å². The summed E-state index contributed by atoms with van der Waals surface area (Å²) in [4.78, 5) is 0. The molecule has 0 atom stereocenters. The normalized spacial score (nSPS) is 8.60. The van der Waals surface area contributed by atoms with Crippen molar-refractivity contribution < 1.29 is 24.0 Å². The van der Waals surface area contributed by atoms with Gasteiger partial charge in [-0.1, -0.05) is 0 Å². The SMILES string of the molecule is [Li+].[Li][Se]c1ccccc1[O-]. The Labute approximate surface area is 86.4 Å². The van der Waals surface area contributed by atoms with Gasteiger partial charge in [0, 0.05) is 0 Å². The summed E-state index contributed by atoms with van der Waals surface area (Å²) in [5, 5.41) is 10.9. The third-order valence-corrected chi connectivity index (χ3v) is 2.70. The molecule has 1 aromatic carbocycles. The Morgan fingerprint density at radius 3 is 2.30 bits per heavy atom. The second kappa shape index (κ2) is 5.39. The van der Waals surface area contributed by atoms with Gasteiger partial charge in [-0.25, -0.2) is 0 Å². The summed E-state index contributed by atoms with van der Waals surface area (Å²) in [6.07, 6.45) is 0. The molecule has 0 aliphatic rings. The van der Waals surface area contributed by atoms with Gasteiger partial charge in [0.1, 0.15) is 0 Å². The fraction of sp³-hybridized carbons (Fsp3) is 0. The van der Waals surface area contributed by atoms with Crippen molar-refractivity contribution in [2.75, 3.05) is 0 Å². The molecule has 0 radical (unpaired) electrons. The Kier molecular flexibility index (Phi) is 5.79. The zero-order chi connectivity index (χ0) is 6.69. The molecule has 1 nitrogen and oxygen atoms in total. The second-order valence-corrected chi connectivity index (χ2v) is 3.43. The number of para-hydroxylation sites is 1. The molecule has 0 saturated heterocycles. The van der Waals surface area contributed by atoms with Crippen molar-refractivity contribution in [2.45, 2.75) is 0 Å². The van der Waals surface area contributed by atoms with Crippen molar-refractivity contribution in [3.8, 4) is 5.75 Å². The van der Waals surface area contributed by atoms with E-state index in [1.54, 1.807) is 12.1 Å². The van der Waals surface area contributed by atoms with Crippen LogP contribution in [0.5, 0.6) is 5.75 Å². The topological polar surface area (TPSA) is 23.1 Å². The average Bonchev–Trinajstić information content (AvgIpc) is 1.89. The minimum atomic E-state index is 0. The number of hydrogen-bond donors (Lipinski definition) is 0. The van der Waals surface area contributed by atoms with Gasteiger partial charge in [-0.3, -0.25) is 0 Å². The first kappa shape index (κ1) is 10.7. The molecule has 1 aromatic rings. The van der Waals surface area contributed by atoms with E-state index in [-0.39, 0.29) is 24.6 Å². The van der Waals surface area contributed by atoms with Crippen LogP contribution in [0.3, 0.4) is 0 Å². The van der Waals surface area contributed by atoms with Gasteiger partial charge < -0.3 is 0 Å². The predicted octanol–water partition coefficient (Wildman–Crippen LogP) is -3.82. The molecule has 0 amide bonds. The summed E-state index contributed by atoms with van der Waals surface area (Å²) < 4.78 is 0.963. The molecular formula is C6H4Li2OSe. The van der Waals surface area contributed by atoms with Crippen LogP contribution in [0.15, 0.2) is 24.3 Å².